The van der Waals surface area contributed by atoms with Gasteiger partial charge in [-0.25, -0.2) is 4.98 Å². The molecule has 0 radical (unpaired) electrons. The van der Waals surface area contributed by atoms with E-state index in [1.54, 1.807) is 0 Å². The molecule has 1 N–H and O–H groups in total. The first-order valence-corrected chi connectivity index (χ1v) is 2.64. The van der Waals surface area contributed by atoms with E-state index in [0.717, 1.165) is 5.82 Å². The fourth-order valence-electron chi connectivity index (χ4n) is 0.413. The third-order valence-corrected chi connectivity index (χ3v) is 0.931. The molecule has 1 aromatic heterocycles. The Morgan fingerprint density at radius 1 is 1.75 bits per heavy atom. The molecule has 4 heteroatoms. The van der Waals surface area contributed by atoms with E-state index in [2.05, 4.69) is 27.4 Å². The highest BCUT2D eigenvalue weighted by Gasteiger charge is 1.90. The van der Waals surface area contributed by atoms with Gasteiger partial charge in [0, 0.05) is 5.37 Å². The monoisotopic (exact) mass is 127 g/mol. The number of nitrogens with one attached hydrogen (secondary N) is 1. The van der Waals surface area contributed by atoms with Gasteiger partial charge < -0.3 is 0 Å². The van der Waals surface area contributed by atoms with Gasteiger partial charge in [0.25, 0.3) is 0 Å². The summed E-state index contributed by atoms with van der Waals surface area (Å²) in [4.78, 5) is 3.90. The first kappa shape index (κ1) is 5.37. The van der Waals surface area contributed by atoms with Crippen LogP contribution in [0.15, 0.2) is 0 Å². The zero-order valence-electron chi connectivity index (χ0n) is 4.38. The predicted octanol–water partition coefficient (Wildman–Crippen LogP) is 0.461. The van der Waals surface area contributed by atoms with E-state index in [0.29, 0.717) is 5.82 Å². The number of aromatic nitrogens is 3. The molecule has 0 bridgehead atoms. The minimum atomic E-state index is 0.581. The average molecular weight is 127 g/mol. The summed E-state index contributed by atoms with van der Waals surface area (Å²) in [5.41, 5.74) is 0. The molecule has 0 unspecified atom stereocenters. The maximum atomic E-state index is 4.56. The molecular formula is C4H5N3S. The molecule has 8 heavy (non-hydrogen) atoms. The Balaban J connectivity index is 3.00. The van der Waals surface area contributed by atoms with Crippen LogP contribution in [0.5, 0.6) is 0 Å². The van der Waals surface area contributed by atoms with Crippen molar-refractivity contribution in [2.24, 2.45) is 0 Å². The van der Waals surface area contributed by atoms with Crippen molar-refractivity contribution in [1.82, 2.24) is 15.2 Å². The van der Waals surface area contributed by atoms with Crippen molar-refractivity contribution in [3.63, 3.8) is 0 Å². The third kappa shape index (κ3) is 0.894. The number of aromatic amines is 1. The number of thiocarbonyl (C=S) groups is 1. The highest BCUT2D eigenvalue weighted by molar-refractivity contribution is 7.79. The largest absolute Gasteiger partial charge is 0.263 e. The van der Waals surface area contributed by atoms with Crippen LogP contribution in [0.4, 0.5) is 0 Å². The van der Waals surface area contributed by atoms with Crippen LogP contribution in [0.3, 0.4) is 0 Å². The van der Waals surface area contributed by atoms with Crippen LogP contribution >= 0.6 is 12.2 Å². The standard InChI is InChI=1S/C4H5N3S/c1-3-5-4(2-8)7-6-3/h2H,1H3,(H,5,6,7). The molecule has 0 aliphatic carbocycles. The van der Waals surface area contributed by atoms with E-state index in [4.69, 9.17) is 0 Å². The number of aryl methyl sites for hydroxylation is 1. The lowest BCUT2D eigenvalue weighted by atomic mass is 10.7. The molecule has 3 nitrogen and oxygen atoms in total. The van der Waals surface area contributed by atoms with Crippen molar-refractivity contribution in [3.05, 3.63) is 11.6 Å². The van der Waals surface area contributed by atoms with Crippen LogP contribution in [-0.4, -0.2) is 20.5 Å². The van der Waals surface area contributed by atoms with Gasteiger partial charge in [0.2, 0.25) is 0 Å². The minimum absolute atomic E-state index is 0.581. The summed E-state index contributed by atoms with van der Waals surface area (Å²) in [7, 11) is 0. The maximum Gasteiger partial charge on any atom is 0.184 e. The Morgan fingerprint density at radius 3 is 2.75 bits per heavy atom. The second kappa shape index (κ2) is 2.00. The van der Waals surface area contributed by atoms with E-state index >= 15 is 0 Å². The summed E-state index contributed by atoms with van der Waals surface area (Å²) in [5.74, 6) is 1.37. The van der Waals surface area contributed by atoms with Crippen molar-refractivity contribution in [2.75, 3.05) is 0 Å². The molecule has 0 spiro atoms. The normalized spacial score (nSPS) is 9.12. The molecule has 0 saturated carbocycles. The number of hydrogen-bond acceptors (Lipinski definition) is 3. The lowest BCUT2D eigenvalue weighted by Gasteiger charge is -1.69. The van der Waals surface area contributed by atoms with Gasteiger partial charge in [0.05, 0.1) is 0 Å². The van der Waals surface area contributed by atoms with E-state index < -0.39 is 0 Å². The maximum absolute atomic E-state index is 4.56. The molecule has 1 aromatic rings. The van der Waals surface area contributed by atoms with Crippen LogP contribution in [0.25, 0.3) is 0 Å². The van der Waals surface area contributed by atoms with Crippen molar-refractivity contribution in [3.8, 4) is 0 Å². The lowest BCUT2D eigenvalue weighted by molar-refractivity contribution is 1.04. The van der Waals surface area contributed by atoms with E-state index in [9.17, 15) is 0 Å². The summed E-state index contributed by atoms with van der Waals surface area (Å²) in [6, 6.07) is 0. The van der Waals surface area contributed by atoms with Crippen LogP contribution in [0, 0.1) is 6.92 Å². The molecule has 1 heterocycles. The van der Waals surface area contributed by atoms with Gasteiger partial charge in [0.15, 0.2) is 5.82 Å². The average Bonchev–Trinajstić information content (AvgIpc) is 2.14. The molecular weight excluding hydrogens is 122 g/mol. The second-order valence-corrected chi connectivity index (χ2v) is 1.63. The van der Waals surface area contributed by atoms with Crippen LogP contribution in [0.2, 0.25) is 0 Å². The number of hydrogen-bond donors (Lipinski definition) is 1. The van der Waals surface area contributed by atoms with Crippen molar-refractivity contribution < 1.29 is 0 Å². The van der Waals surface area contributed by atoms with E-state index in [1.807, 2.05) is 6.92 Å². The molecule has 0 fully saturated rings. The summed E-state index contributed by atoms with van der Waals surface area (Å²) >= 11 is 4.56. The van der Waals surface area contributed by atoms with Crippen LogP contribution in [0.1, 0.15) is 11.6 Å². The summed E-state index contributed by atoms with van der Waals surface area (Å²) in [5, 5.41) is 7.83. The fourth-order valence-corrected chi connectivity index (χ4v) is 0.518. The summed E-state index contributed by atoms with van der Waals surface area (Å²) in [6.45, 7) is 1.83. The SMILES string of the molecule is Cc1nc(C=S)n[nH]1. The van der Waals surface area contributed by atoms with Gasteiger partial charge in [-0.3, -0.25) is 5.10 Å². The van der Waals surface area contributed by atoms with Gasteiger partial charge in [-0.15, -0.1) is 0 Å². The molecule has 0 aliphatic heterocycles. The molecule has 0 saturated heterocycles. The fraction of sp³-hybridized carbons (Fsp3) is 0.250. The zero-order valence-corrected chi connectivity index (χ0v) is 5.20. The zero-order chi connectivity index (χ0) is 5.98. The Kier molecular flexibility index (Phi) is 1.34. The summed E-state index contributed by atoms with van der Waals surface area (Å²) in [6.07, 6.45) is 0. The molecule has 0 amide bonds. The Hall–Kier alpha value is -0.770. The van der Waals surface area contributed by atoms with Crippen molar-refractivity contribution >= 4 is 17.6 Å². The Bertz CT molecular complexity index is 193. The highest BCUT2D eigenvalue weighted by Crippen LogP contribution is 1.84. The number of H-pyrrole nitrogens is 1. The van der Waals surface area contributed by atoms with Gasteiger partial charge in [0.1, 0.15) is 5.82 Å². The molecule has 0 atom stereocenters. The van der Waals surface area contributed by atoms with E-state index in [-0.39, 0.29) is 0 Å². The number of rotatable bonds is 1. The van der Waals surface area contributed by atoms with Crippen LogP contribution < -0.4 is 0 Å². The minimum Gasteiger partial charge on any atom is -0.263 e. The second-order valence-electron chi connectivity index (χ2n) is 1.40. The molecule has 1 rings (SSSR count). The first-order chi connectivity index (χ1) is 3.83. The Morgan fingerprint density at radius 2 is 2.50 bits per heavy atom. The van der Waals surface area contributed by atoms with Crippen molar-refractivity contribution in [2.45, 2.75) is 6.92 Å². The molecule has 0 aliphatic rings. The lowest BCUT2D eigenvalue weighted by Crippen LogP contribution is -1.78. The highest BCUT2D eigenvalue weighted by atomic mass is 32.1. The predicted molar refractivity (Wildman–Crippen MR) is 33.9 cm³/mol. The van der Waals surface area contributed by atoms with Crippen molar-refractivity contribution in [1.29, 1.82) is 0 Å². The van der Waals surface area contributed by atoms with Gasteiger partial charge >= 0.3 is 0 Å². The molecule has 0 aromatic carbocycles. The number of nitrogens with zero attached hydrogens (tertiary/aromatic N) is 2. The Labute approximate surface area is 52.1 Å². The topological polar surface area (TPSA) is 41.6 Å². The first-order valence-electron chi connectivity index (χ1n) is 2.17. The quantitative estimate of drug-likeness (QED) is 0.557. The van der Waals surface area contributed by atoms with Crippen LogP contribution in [-0.2, 0) is 0 Å². The van der Waals surface area contributed by atoms with Gasteiger partial charge in [-0.2, -0.15) is 5.10 Å². The van der Waals surface area contributed by atoms with Gasteiger partial charge in [-0.1, -0.05) is 12.2 Å². The van der Waals surface area contributed by atoms with Gasteiger partial charge in [-0.05, 0) is 6.92 Å². The molecule has 42 valence electrons. The smallest absolute Gasteiger partial charge is 0.184 e. The van der Waals surface area contributed by atoms with E-state index in [1.165, 1.54) is 5.37 Å². The third-order valence-electron chi connectivity index (χ3n) is 0.720. The summed E-state index contributed by atoms with van der Waals surface area (Å²) < 4.78 is 0.